The van der Waals surface area contributed by atoms with Gasteiger partial charge in [0.1, 0.15) is 96.6 Å². The van der Waals surface area contributed by atoms with Gasteiger partial charge in [-0.15, -0.1) is 0 Å². The van der Waals surface area contributed by atoms with Crippen LogP contribution in [0, 0.1) is 0 Å². The van der Waals surface area contributed by atoms with Crippen molar-refractivity contribution in [2.75, 3.05) is 34.5 Å². The van der Waals surface area contributed by atoms with Crippen molar-refractivity contribution >= 4 is 17.9 Å². The van der Waals surface area contributed by atoms with Gasteiger partial charge in [-0.25, -0.2) is 0 Å². The Morgan fingerprint density at radius 2 is 0.667 bits per heavy atom. The van der Waals surface area contributed by atoms with Crippen LogP contribution in [0.4, 0.5) is 0 Å². The average molecular weight is 1660 g/mol. The molecule has 0 aromatic heterocycles. The summed E-state index contributed by atoms with van der Waals surface area (Å²) in [6.45, 7) is 8.94. The lowest BCUT2D eigenvalue weighted by Crippen LogP contribution is -2.70. The molecule has 6 fully saturated rings. The Morgan fingerprint density at radius 1 is 0.308 bits per heavy atom. The maximum atomic E-state index is 13.7. The van der Waals surface area contributed by atoms with E-state index in [0.717, 1.165) is 33.4 Å². The zero-order valence-electron chi connectivity index (χ0n) is 68.6. The molecule has 0 saturated carbocycles. The number of esters is 3. The lowest BCUT2D eigenvalue weighted by Gasteiger charge is -2.54. The van der Waals surface area contributed by atoms with Crippen molar-refractivity contribution in [1.82, 2.24) is 0 Å². The third kappa shape index (κ3) is 22.6. The first-order chi connectivity index (χ1) is 58.5. The molecule has 6 heterocycles. The summed E-state index contributed by atoms with van der Waals surface area (Å²) in [7, 11) is 4.71. The van der Waals surface area contributed by atoms with Crippen LogP contribution in [0.5, 0.6) is 17.2 Å². The fraction of sp³-hybridized carbons (Fsp3) is 0.452. The molecule has 120 heavy (non-hydrogen) atoms. The molecule has 0 unspecified atom stereocenters. The molecule has 0 N–H and O–H groups in total. The minimum Gasteiger partial charge on any atom is -0.497 e. The highest BCUT2D eigenvalue weighted by Gasteiger charge is 2.61. The van der Waals surface area contributed by atoms with E-state index in [1.165, 1.54) is 27.9 Å². The summed E-state index contributed by atoms with van der Waals surface area (Å²) in [4.78, 5) is 40.1. The smallest absolute Gasteiger partial charge is 0.303 e. The van der Waals surface area contributed by atoms with Gasteiger partial charge in [0.2, 0.25) is 6.29 Å². The molecule has 6 aliphatic heterocycles. The van der Waals surface area contributed by atoms with Gasteiger partial charge in [-0.05, 0) is 90.6 Å². The van der Waals surface area contributed by atoms with E-state index in [9.17, 15) is 14.4 Å². The largest absolute Gasteiger partial charge is 0.497 e. The van der Waals surface area contributed by atoms with Gasteiger partial charge >= 0.3 is 17.9 Å². The normalized spacial score (nSPS) is 31.2. The molecule has 25 atom stereocenters. The number of fused-ring (bicyclic) bond motifs is 1. The Labute approximate surface area is 698 Å². The van der Waals surface area contributed by atoms with Crippen LogP contribution >= 0.6 is 0 Å². The van der Waals surface area contributed by atoms with Gasteiger partial charge in [-0.3, -0.25) is 14.4 Å². The Balaban J connectivity index is 0.915. The highest BCUT2D eigenvalue weighted by atomic mass is 16.8. The molecule has 640 valence electrons. The molecule has 27 nitrogen and oxygen atoms in total. The van der Waals surface area contributed by atoms with Crippen LogP contribution in [-0.4, -0.2) is 200 Å². The molecule has 0 radical (unpaired) electrons. The van der Waals surface area contributed by atoms with E-state index in [-0.39, 0.29) is 46.2 Å². The van der Waals surface area contributed by atoms with E-state index in [0.29, 0.717) is 22.8 Å². The van der Waals surface area contributed by atoms with Crippen molar-refractivity contribution in [3.8, 4) is 17.2 Å². The average Bonchev–Trinajstić information content (AvgIpc) is 0.748. The molecular formula is C93H106O27. The number of rotatable bonds is 35. The number of carbonyl (C=O) groups excluding carboxylic acids is 3. The summed E-state index contributed by atoms with van der Waals surface area (Å²) in [5, 5.41) is 0. The van der Waals surface area contributed by atoms with Gasteiger partial charge in [0, 0.05) is 33.4 Å². The number of hydrogen-bond donors (Lipinski definition) is 0. The first-order valence-electron chi connectivity index (χ1n) is 40.6. The SMILES string of the molecule is COc1ccc(CO[C@@H]2[C@@H](OCc3ccccc3)[C@H](C)O[C@@H](O[C@@H]3[C@@H](OCc4ccccc4)[C@H](C)O[C@@H](O[C@@H]4[C@@H](OCc5ccccc5)[C@H](O[C@@H]5[C@@H](OCc6ccccc6)[C@H](C)O[C@@H](Oc6ccc(OC)cc6)[C@@H]5OCc5ccccc5)O[C@@H]5CO[C@@H](c6ccccc6)O[C@@H]45)[C@@H]3O[C@@H]3OC[C@@H](OC(C)=O)[C@H](OC(C)=O)[C@H]3OC(C)=O)[C@@H]2OC)cc1. The monoisotopic (exact) mass is 1650 g/mol. The van der Waals surface area contributed by atoms with Crippen LogP contribution in [0.15, 0.2) is 231 Å². The van der Waals surface area contributed by atoms with Crippen LogP contribution in [0.3, 0.4) is 0 Å². The Kier molecular flexibility index (Phi) is 30.9. The summed E-state index contributed by atoms with van der Waals surface area (Å²) in [6, 6.07) is 72.4. The van der Waals surface area contributed by atoms with Crippen molar-refractivity contribution in [1.29, 1.82) is 0 Å². The maximum Gasteiger partial charge on any atom is 0.303 e. The van der Waals surface area contributed by atoms with Crippen LogP contribution in [0.25, 0.3) is 0 Å². The first-order valence-corrected chi connectivity index (χ1v) is 40.6. The number of hydrogen-bond acceptors (Lipinski definition) is 27. The summed E-state index contributed by atoms with van der Waals surface area (Å²) >= 11 is 0. The third-order valence-electron chi connectivity index (χ3n) is 21.6. The van der Waals surface area contributed by atoms with Gasteiger partial charge < -0.3 is 114 Å². The molecule has 14 rings (SSSR count). The van der Waals surface area contributed by atoms with E-state index < -0.39 is 178 Å². The Hall–Kier alpha value is -9.15. The van der Waals surface area contributed by atoms with Crippen LogP contribution in [0.1, 0.15) is 86.8 Å². The van der Waals surface area contributed by atoms with Gasteiger partial charge in [0.25, 0.3) is 0 Å². The standard InChI is InChI=1S/C93H106O27/c1-56-74(100-48-62-28-16-10-17-29-62)79(103-53-67-40-42-69(97-7)43-41-67)83(99-9)90(108-56)118-81-76(102-50-64-32-20-12-21-33-64)58(3)110-93(87(81)120-89-86(113-61(6)96)78(112-60(5)95)72(54-107-89)111-59(4)94)119-82-77-73(55-106-88(116-77)68-38-26-15-27-39-68)115-92(85(82)105-52-66-36-24-14-25-37-66)117-80-75(101-49-63-30-18-11-19-31-63)57(2)109-91(114-71-46-44-70(98-8)45-47-71)84(80)104-51-65-34-22-13-23-35-65/h10-47,56-58,72-93H,48-55H2,1-9H3/t56-,57-,58-,72+,73+,74-,75-,76-,77+,78-,79+,80+,81+,82-,83+,84+,85+,86+,87+,88+,89-,90-,91-,92-,93-/m0/s1. The zero-order valence-corrected chi connectivity index (χ0v) is 68.6. The summed E-state index contributed by atoms with van der Waals surface area (Å²) in [5.41, 5.74) is 5.65. The minimum absolute atomic E-state index is 0.000313. The molecular weight excluding hydrogens is 1550 g/mol. The number of ether oxygens (including phenoxy) is 24. The number of methoxy groups -OCH3 is 3. The van der Waals surface area contributed by atoms with Crippen molar-refractivity contribution in [2.24, 2.45) is 0 Å². The second kappa shape index (κ2) is 42.6. The fourth-order valence-corrected chi connectivity index (χ4v) is 15.7. The van der Waals surface area contributed by atoms with E-state index in [1.807, 2.05) is 227 Å². The second-order valence-corrected chi connectivity index (χ2v) is 30.2. The molecule has 0 spiro atoms. The molecule has 8 aromatic carbocycles. The number of benzene rings is 8. The Morgan fingerprint density at radius 3 is 1.12 bits per heavy atom. The van der Waals surface area contributed by atoms with Crippen LogP contribution in [-0.2, 0) is 153 Å². The van der Waals surface area contributed by atoms with E-state index in [4.69, 9.17) is 114 Å². The topological polar surface area (TPSA) is 273 Å². The van der Waals surface area contributed by atoms with Crippen molar-refractivity contribution in [2.45, 2.75) is 235 Å². The van der Waals surface area contributed by atoms with Gasteiger partial charge in [0.05, 0.1) is 85.4 Å². The predicted octanol–water partition coefficient (Wildman–Crippen LogP) is 12.4. The summed E-state index contributed by atoms with van der Waals surface area (Å²) in [5.74, 6) is -0.674. The van der Waals surface area contributed by atoms with Crippen LogP contribution in [0.2, 0.25) is 0 Å². The minimum atomic E-state index is -1.73. The molecule has 27 heteroatoms. The third-order valence-corrected chi connectivity index (χ3v) is 21.6. The first kappa shape index (κ1) is 87.2. The Bertz CT molecular complexity index is 4410. The molecule has 6 aliphatic rings. The highest BCUT2D eigenvalue weighted by molar-refractivity contribution is 5.68. The quantitative estimate of drug-likeness (QED) is 0.0264. The lowest BCUT2D eigenvalue weighted by molar-refractivity contribution is -0.423. The van der Waals surface area contributed by atoms with E-state index in [2.05, 4.69) is 0 Å². The fourth-order valence-electron chi connectivity index (χ4n) is 15.7. The molecule has 6 saturated heterocycles. The van der Waals surface area contributed by atoms with Crippen molar-refractivity contribution in [3.05, 3.63) is 269 Å². The highest BCUT2D eigenvalue weighted by Crippen LogP contribution is 2.44. The molecule has 0 amide bonds. The summed E-state index contributed by atoms with van der Waals surface area (Å²) in [6.07, 6.45) is -30.6. The van der Waals surface area contributed by atoms with Crippen molar-refractivity contribution in [3.63, 3.8) is 0 Å². The molecule has 8 aromatic rings. The number of carbonyl (C=O) groups is 3. The van der Waals surface area contributed by atoms with Gasteiger partial charge in [-0.2, -0.15) is 0 Å². The van der Waals surface area contributed by atoms with E-state index >= 15 is 0 Å². The van der Waals surface area contributed by atoms with Crippen LogP contribution < -0.4 is 14.2 Å². The van der Waals surface area contributed by atoms with E-state index in [1.54, 1.807) is 38.5 Å². The van der Waals surface area contributed by atoms with Crippen molar-refractivity contribution < 1.29 is 128 Å². The predicted molar refractivity (Wildman–Crippen MR) is 429 cm³/mol. The maximum absolute atomic E-state index is 13.7. The lowest BCUT2D eigenvalue weighted by atomic mass is 9.94. The zero-order chi connectivity index (χ0) is 83.4. The molecule has 0 aliphatic carbocycles. The second-order valence-electron chi connectivity index (χ2n) is 30.2. The molecule has 0 bridgehead atoms. The van der Waals surface area contributed by atoms with Gasteiger partial charge in [0.15, 0.2) is 49.8 Å². The summed E-state index contributed by atoms with van der Waals surface area (Å²) < 4.78 is 166. The van der Waals surface area contributed by atoms with Gasteiger partial charge in [-0.1, -0.05) is 194 Å².